The fourth-order valence-corrected chi connectivity index (χ4v) is 7.42. The van der Waals surface area contributed by atoms with E-state index in [1.807, 2.05) is 11.3 Å². The molecule has 1 unspecified atom stereocenters. The van der Waals surface area contributed by atoms with Crippen molar-refractivity contribution in [2.45, 2.75) is 6.23 Å². The molecule has 9 rings (SSSR count). The summed E-state index contributed by atoms with van der Waals surface area (Å²) >= 11 is 1.82. The molecule has 0 radical (unpaired) electrons. The first-order valence-electron chi connectivity index (χ1n) is 13.9. The Balaban J connectivity index is 1.08. The Kier molecular flexibility index (Phi) is 4.83. The largest absolute Gasteiger partial charge is 0.464 e. The molecule has 0 amide bonds. The summed E-state index contributed by atoms with van der Waals surface area (Å²) in [5, 5.41) is 8.58. The molecule has 8 aromatic rings. The number of nitrogens with one attached hydrogen (secondary N) is 1. The minimum absolute atomic E-state index is 0.213. The lowest BCUT2D eigenvalue weighted by atomic mass is 10.0. The van der Waals surface area contributed by atoms with Crippen molar-refractivity contribution in [3.05, 3.63) is 139 Å². The van der Waals surface area contributed by atoms with Gasteiger partial charge in [-0.05, 0) is 59.7 Å². The zero-order valence-electron chi connectivity index (χ0n) is 22.0. The second-order valence-electron chi connectivity index (χ2n) is 10.6. The van der Waals surface area contributed by atoms with Crippen molar-refractivity contribution >= 4 is 59.0 Å². The number of fused-ring (bicyclic) bond motifs is 8. The third-order valence-corrected chi connectivity index (χ3v) is 9.39. The lowest BCUT2D eigenvalue weighted by Gasteiger charge is -2.13. The summed E-state index contributed by atoms with van der Waals surface area (Å²) in [5.74, 6) is 0.953. The Labute approximate surface area is 240 Å². The number of hydrogen-bond donors (Lipinski definition) is 1. The summed E-state index contributed by atoms with van der Waals surface area (Å²) in [6, 6.07) is 47.7. The SMILES string of the molecule is c1ccc(-n2c3ccccc3c3cc(-c4ccc(C5Nc6ccc7sc8ccccc8c7c6O5)cc4)ccc32)cc1. The van der Waals surface area contributed by atoms with Crippen LogP contribution in [0.2, 0.25) is 0 Å². The molecule has 41 heavy (non-hydrogen) atoms. The van der Waals surface area contributed by atoms with Crippen molar-refractivity contribution in [3.63, 3.8) is 0 Å². The lowest BCUT2D eigenvalue weighted by molar-refractivity contribution is 0.263. The monoisotopic (exact) mass is 544 g/mol. The van der Waals surface area contributed by atoms with E-state index in [4.69, 9.17) is 4.74 Å². The van der Waals surface area contributed by atoms with Gasteiger partial charge in [-0.2, -0.15) is 0 Å². The second kappa shape index (κ2) is 8.72. The molecule has 4 heteroatoms. The molecular formula is C37H24N2OS. The van der Waals surface area contributed by atoms with Crippen molar-refractivity contribution in [2.24, 2.45) is 0 Å². The van der Waals surface area contributed by atoms with Gasteiger partial charge in [0.05, 0.1) is 16.7 Å². The zero-order valence-corrected chi connectivity index (χ0v) is 22.9. The molecule has 2 aromatic heterocycles. The smallest absolute Gasteiger partial charge is 0.196 e. The Morgan fingerprint density at radius 3 is 2.20 bits per heavy atom. The van der Waals surface area contributed by atoms with Crippen LogP contribution in [0.5, 0.6) is 5.75 Å². The highest BCUT2D eigenvalue weighted by Gasteiger charge is 2.27. The molecule has 0 fully saturated rings. The Hall–Kier alpha value is -5.06. The van der Waals surface area contributed by atoms with E-state index in [-0.39, 0.29) is 6.23 Å². The summed E-state index contributed by atoms with van der Waals surface area (Å²) < 4.78 is 11.5. The van der Waals surface area contributed by atoms with E-state index in [1.165, 1.54) is 58.8 Å². The summed E-state index contributed by atoms with van der Waals surface area (Å²) in [5.41, 5.74) is 8.16. The molecule has 0 saturated carbocycles. The molecule has 0 bridgehead atoms. The maximum atomic E-state index is 6.56. The van der Waals surface area contributed by atoms with Gasteiger partial charge in [0.25, 0.3) is 0 Å². The van der Waals surface area contributed by atoms with Crippen LogP contribution in [0.25, 0.3) is 58.8 Å². The Morgan fingerprint density at radius 1 is 0.585 bits per heavy atom. The lowest BCUT2D eigenvalue weighted by Crippen LogP contribution is -2.09. The highest BCUT2D eigenvalue weighted by Crippen LogP contribution is 2.48. The normalized spacial score (nSPS) is 14.5. The quantitative estimate of drug-likeness (QED) is 0.239. The van der Waals surface area contributed by atoms with Gasteiger partial charge in [-0.3, -0.25) is 0 Å². The molecule has 1 aliphatic heterocycles. The van der Waals surface area contributed by atoms with Crippen LogP contribution in [0, 0.1) is 0 Å². The summed E-state index contributed by atoms with van der Waals surface area (Å²) in [6.07, 6.45) is -0.213. The van der Waals surface area contributed by atoms with Crippen LogP contribution in [0.15, 0.2) is 133 Å². The highest BCUT2D eigenvalue weighted by atomic mass is 32.1. The number of benzene rings is 6. The number of hydrogen-bond acceptors (Lipinski definition) is 3. The fraction of sp³-hybridized carbons (Fsp3) is 0.0270. The highest BCUT2D eigenvalue weighted by molar-refractivity contribution is 7.25. The van der Waals surface area contributed by atoms with Crippen LogP contribution in [-0.4, -0.2) is 4.57 Å². The van der Waals surface area contributed by atoms with Crippen molar-refractivity contribution in [1.82, 2.24) is 4.57 Å². The van der Waals surface area contributed by atoms with Gasteiger partial charge in [0, 0.05) is 42.2 Å². The number of ether oxygens (including phenoxy) is 1. The molecule has 1 aliphatic rings. The predicted molar refractivity (Wildman–Crippen MR) is 173 cm³/mol. The van der Waals surface area contributed by atoms with Crippen molar-refractivity contribution in [2.75, 3.05) is 5.32 Å². The third-order valence-electron chi connectivity index (χ3n) is 8.25. The van der Waals surface area contributed by atoms with E-state index in [9.17, 15) is 0 Å². The van der Waals surface area contributed by atoms with Crippen LogP contribution in [-0.2, 0) is 0 Å². The average Bonchev–Trinajstić information content (AvgIpc) is 3.73. The van der Waals surface area contributed by atoms with Gasteiger partial charge in [-0.25, -0.2) is 0 Å². The van der Waals surface area contributed by atoms with Crippen LogP contribution in [0.1, 0.15) is 11.8 Å². The number of anilines is 1. The second-order valence-corrected chi connectivity index (χ2v) is 11.7. The molecule has 3 heterocycles. The first kappa shape index (κ1) is 22.7. The molecule has 1 atom stereocenters. The Morgan fingerprint density at radius 2 is 1.32 bits per heavy atom. The first-order chi connectivity index (χ1) is 20.3. The maximum absolute atomic E-state index is 6.56. The number of aromatic nitrogens is 1. The van der Waals surface area contributed by atoms with E-state index in [1.54, 1.807) is 0 Å². The summed E-state index contributed by atoms with van der Waals surface area (Å²) in [4.78, 5) is 0. The number of nitrogens with zero attached hydrogens (tertiary/aromatic N) is 1. The molecule has 0 aliphatic carbocycles. The van der Waals surface area contributed by atoms with Gasteiger partial charge in [-0.1, -0.05) is 84.9 Å². The predicted octanol–water partition coefficient (Wildman–Crippen LogP) is 10.3. The first-order valence-corrected chi connectivity index (χ1v) is 14.7. The van der Waals surface area contributed by atoms with E-state index >= 15 is 0 Å². The molecule has 0 saturated heterocycles. The van der Waals surface area contributed by atoms with Crippen LogP contribution >= 0.6 is 11.3 Å². The van der Waals surface area contributed by atoms with Crippen LogP contribution < -0.4 is 10.1 Å². The summed E-state index contributed by atoms with van der Waals surface area (Å²) in [7, 11) is 0. The molecule has 0 spiro atoms. The van der Waals surface area contributed by atoms with Gasteiger partial charge in [0.15, 0.2) is 12.0 Å². The molecular weight excluding hydrogens is 520 g/mol. The third kappa shape index (κ3) is 3.44. The van der Waals surface area contributed by atoms with Gasteiger partial charge in [-0.15, -0.1) is 11.3 Å². The maximum Gasteiger partial charge on any atom is 0.196 e. The number of thiophene rings is 1. The van der Waals surface area contributed by atoms with E-state index in [0.29, 0.717) is 0 Å². The number of para-hydroxylation sites is 2. The average molecular weight is 545 g/mol. The van der Waals surface area contributed by atoms with Crippen LogP contribution in [0.3, 0.4) is 0 Å². The van der Waals surface area contributed by atoms with Gasteiger partial charge in [0.1, 0.15) is 0 Å². The van der Waals surface area contributed by atoms with E-state index in [0.717, 1.165) is 17.0 Å². The van der Waals surface area contributed by atoms with Crippen molar-refractivity contribution < 1.29 is 4.74 Å². The molecule has 6 aromatic carbocycles. The number of rotatable bonds is 3. The molecule has 194 valence electrons. The minimum atomic E-state index is -0.213. The van der Waals surface area contributed by atoms with Crippen molar-refractivity contribution in [1.29, 1.82) is 0 Å². The molecule has 1 N–H and O–H groups in total. The van der Waals surface area contributed by atoms with E-state index in [2.05, 4.69) is 143 Å². The van der Waals surface area contributed by atoms with E-state index < -0.39 is 0 Å². The van der Waals surface area contributed by atoms with Gasteiger partial charge >= 0.3 is 0 Å². The van der Waals surface area contributed by atoms with Gasteiger partial charge < -0.3 is 14.6 Å². The minimum Gasteiger partial charge on any atom is -0.464 e. The standard InChI is InChI=1S/C37H24N2OS/c1-2-8-26(9-3-1)39-31-12-6-4-10-27(31)29-22-25(18-20-32(29)39)23-14-16-24(17-15-23)37-38-30-19-21-34-35(36(30)40-37)28-11-5-7-13-33(28)41-34/h1-22,37-38H. The summed E-state index contributed by atoms with van der Waals surface area (Å²) in [6.45, 7) is 0. The van der Waals surface area contributed by atoms with Gasteiger partial charge in [0.2, 0.25) is 0 Å². The fourth-order valence-electron chi connectivity index (χ4n) is 6.32. The topological polar surface area (TPSA) is 26.2 Å². The van der Waals surface area contributed by atoms with Crippen molar-refractivity contribution in [3.8, 4) is 22.6 Å². The zero-order chi connectivity index (χ0) is 26.9. The Bertz CT molecular complexity index is 2260. The molecule has 3 nitrogen and oxygen atoms in total. The van der Waals surface area contributed by atoms with Crippen LogP contribution in [0.4, 0.5) is 5.69 Å².